The first-order valence-corrected chi connectivity index (χ1v) is 11.7. The molecule has 0 aromatic carbocycles. The van der Waals surface area contributed by atoms with Gasteiger partial charge >= 0.3 is 0 Å². The lowest BCUT2D eigenvalue weighted by Gasteiger charge is -2.54. The van der Waals surface area contributed by atoms with Gasteiger partial charge in [-0.3, -0.25) is 4.98 Å². The number of hydrogen-bond acceptors (Lipinski definition) is 5. The van der Waals surface area contributed by atoms with Crippen molar-refractivity contribution < 1.29 is 9.94 Å². The summed E-state index contributed by atoms with van der Waals surface area (Å²) in [6.45, 7) is 3.36. The summed E-state index contributed by atoms with van der Waals surface area (Å²) in [5.74, 6) is 0.552. The van der Waals surface area contributed by atoms with Gasteiger partial charge in [-0.05, 0) is 85.5 Å². The summed E-state index contributed by atoms with van der Waals surface area (Å²) in [7, 11) is 0. The molecule has 2 aliphatic heterocycles. The Hall–Kier alpha value is -1.53. The van der Waals surface area contributed by atoms with E-state index in [0.29, 0.717) is 12.0 Å². The molecule has 1 aromatic rings. The van der Waals surface area contributed by atoms with Crippen molar-refractivity contribution in [1.29, 1.82) is 0 Å². The van der Waals surface area contributed by atoms with Crippen LogP contribution in [-0.2, 0) is 11.3 Å². The van der Waals surface area contributed by atoms with Crippen LogP contribution in [-0.4, -0.2) is 33.5 Å². The normalized spacial score (nSPS) is 44.0. The molecule has 6 rings (SSSR count). The fourth-order valence-electron chi connectivity index (χ4n) is 7.60. The van der Waals surface area contributed by atoms with Gasteiger partial charge in [0.05, 0.1) is 11.2 Å². The summed E-state index contributed by atoms with van der Waals surface area (Å²) in [5.41, 5.74) is 6.65. The monoisotopic (exact) mass is 407 g/mol. The molecule has 1 saturated heterocycles. The minimum atomic E-state index is -0.157. The van der Waals surface area contributed by atoms with Crippen molar-refractivity contribution in [2.24, 2.45) is 11.3 Å². The number of hydroxylamine groups is 1. The van der Waals surface area contributed by atoms with Crippen molar-refractivity contribution in [2.75, 3.05) is 0 Å². The fourth-order valence-corrected chi connectivity index (χ4v) is 7.60. The lowest BCUT2D eigenvalue weighted by molar-refractivity contribution is -0.140. The Labute approximate surface area is 179 Å². The van der Waals surface area contributed by atoms with E-state index in [1.807, 2.05) is 18.5 Å². The molecular formula is C25H33N3O2. The van der Waals surface area contributed by atoms with Crippen LogP contribution < -0.4 is 10.8 Å². The van der Waals surface area contributed by atoms with Gasteiger partial charge in [-0.25, -0.2) is 5.48 Å². The lowest BCUT2D eigenvalue weighted by Crippen LogP contribution is -2.56. The Morgan fingerprint density at radius 3 is 3.03 bits per heavy atom. The van der Waals surface area contributed by atoms with E-state index in [2.05, 4.69) is 40.9 Å². The van der Waals surface area contributed by atoms with Crippen molar-refractivity contribution in [3.05, 3.63) is 53.4 Å². The van der Waals surface area contributed by atoms with Gasteiger partial charge in [-0.2, -0.15) is 0 Å². The third kappa shape index (κ3) is 2.59. The molecule has 3 aliphatic carbocycles. The number of rotatable bonds is 4. The average molecular weight is 408 g/mol. The molecule has 5 nitrogen and oxygen atoms in total. The zero-order valence-electron chi connectivity index (χ0n) is 17.9. The molecule has 2 saturated carbocycles. The van der Waals surface area contributed by atoms with Crippen molar-refractivity contribution in [3.63, 3.8) is 0 Å². The van der Waals surface area contributed by atoms with Crippen LogP contribution in [0.4, 0.5) is 0 Å². The molecule has 2 bridgehead atoms. The highest BCUT2D eigenvalue weighted by molar-refractivity contribution is 5.47. The van der Waals surface area contributed by atoms with Gasteiger partial charge in [0.2, 0.25) is 0 Å². The van der Waals surface area contributed by atoms with Gasteiger partial charge in [-0.15, -0.1) is 0 Å². The Kier molecular flexibility index (Phi) is 4.30. The molecule has 0 radical (unpaired) electrons. The molecule has 3 heterocycles. The first kappa shape index (κ1) is 19.2. The summed E-state index contributed by atoms with van der Waals surface area (Å²) in [6.07, 6.45) is 17.5. The Bertz CT molecular complexity index is 899. The predicted octanol–water partition coefficient (Wildman–Crippen LogP) is 4.05. The maximum Gasteiger partial charge on any atom is 0.0975 e. The zero-order chi connectivity index (χ0) is 20.4. The average Bonchev–Trinajstić information content (AvgIpc) is 3.27. The number of hydrogen-bond donors (Lipinski definition) is 3. The van der Waals surface area contributed by atoms with E-state index in [-0.39, 0.29) is 22.7 Å². The molecule has 5 aliphatic rings. The van der Waals surface area contributed by atoms with Gasteiger partial charge in [0.1, 0.15) is 0 Å². The largest absolute Gasteiger partial charge is 0.359 e. The van der Waals surface area contributed by atoms with E-state index in [4.69, 9.17) is 4.74 Å². The van der Waals surface area contributed by atoms with Crippen LogP contribution in [0.3, 0.4) is 0 Å². The third-order valence-corrected chi connectivity index (χ3v) is 9.14. The number of fused-ring (bicyclic) bond motifs is 1. The number of nitrogens with zero attached hydrogens (tertiary/aromatic N) is 1. The minimum absolute atomic E-state index is 0.126. The molecule has 30 heavy (non-hydrogen) atoms. The first-order valence-electron chi connectivity index (χ1n) is 11.7. The zero-order valence-corrected chi connectivity index (χ0v) is 17.9. The molecule has 6 atom stereocenters. The summed E-state index contributed by atoms with van der Waals surface area (Å²) in [6, 6.07) is 4.81. The van der Waals surface area contributed by atoms with Crippen LogP contribution in [0.5, 0.6) is 0 Å². The third-order valence-electron chi connectivity index (χ3n) is 9.14. The van der Waals surface area contributed by atoms with Crippen molar-refractivity contribution in [2.45, 2.75) is 88.1 Å². The van der Waals surface area contributed by atoms with Crippen LogP contribution >= 0.6 is 0 Å². The number of nitrogens with one attached hydrogen (secondary N) is 2. The fraction of sp³-hybridized carbons (Fsp3) is 0.640. The van der Waals surface area contributed by atoms with Gasteiger partial charge in [-0.1, -0.05) is 25.1 Å². The Morgan fingerprint density at radius 2 is 2.20 bits per heavy atom. The van der Waals surface area contributed by atoms with Crippen molar-refractivity contribution in [3.8, 4) is 0 Å². The topological polar surface area (TPSA) is 66.4 Å². The standard InChI is InChI=1S/C25H33N3O2/c1-23-9-8-19-13-18-4-5-20(28-29)14-24(18)10-11-25(19,30-24)21(23)6-7-22(23)27-16-17-3-2-12-26-15-17/h2-3,8,12-13,15,20-22,27-29H,4-7,9-11,14,16H2,1H3/t20-,21-,22+,23+,24-,25-/m1/s1. The number of allylic oxidation sites excluding steroid dienone is 1. The van der Waals surface area contributed by atoms with E-state index < -0.39 is 0 Å². The van der Waals surface area contributed by atoms with E-state index >= 15 is 0 Å². The summed E-state index contributed by atoms with van der Waals surface area (Å²) in [4.78, 5) is 4.26. The summed E-state index contributed by atoms with van der Waals surface area (Å²) >= 11 is 0. The smallest absolute Gasteiger partial charge is 0.0975 e. The number of aromatic nitrogens is 1. The molecule has 160 valence electrons. The molecule has 1 aromatic heterocycles. The predicted molar refractivity (Wildman–Crippen MR) is 115 cm³/mol. The molecule has 2 spiro atoms. The van der Waals surface area contributed by atoms with E-state index in [1.54, 1.807) is 0 Å². The van der Waals surface area contributed by atoms with Crippen molar-refractivity contribution >= 4 is 0 Å². The number of ether oxygens (including phenoxy) is 1. The molecule has 0 amide bonds. The number of pyridine rings is 1. The molecule has 0 unspecified atom stereocenters. The Balaban J connectivity index is 1.29. The van der Waals surface area contributed by atoms with Gasteiger partial charge in [0.15, 0.2) is 0 Å². The molecule has 5 heteroatoms. The Morgan fingerprint density at radius 1 is 1.27 bits per heavy atom. The SMILES string of the molecule is C[C@]12CC=C3C=C4CC[C@@H](NO)C[C@]45CC[C@]3(O5)[C@@H]1CC[C@@H]2NCc1cccnc1. The van der Waals surface area contributed by atoms with Crippen LogP contribution in [0.15, 0.2) is 47.8 Å². The van der Waals surface area contributed by atoms with Gasteiger partial charge < -0.3 is 15.3 Å². The highest BCUT2D eigenvalue weighted by atomic mass is 16.5. The molecule has 3 fully saturated rings. The molecular weight excluding hydrogens is 374 g/mol. The lowest BCUT2D eigenvalue weighted by atomic mass is 9.60. The second-order valence-electron chi connectivity index (χ2n) is 10.5. The maximum absolute atomic E-state index is 9.57. The molecule has 3 N–H and O–H groups in total. The van der Waals surface area contributed by atoms with Gasteiger partial charge in [0, 0.05) is 31.0 Å². The van der Waals surface area contributed by atoms with Crippen LogP contribution in [0.25, 0.3) is 0 Å². The minimum Gasteiger partial charge on any atom is -0.359 e. The summed E-state index contributed by atoms with van der Waals surface area (Å²) in [5, 5.41) is 13.4. The second kappa shape index (κ2) is 6.73. The van der Waals surface area contributed by atoms with E-state index in [9.17, 15) is 5.21 Å². The first-order chi connectivity index (χ1) is 14.6. The van der Waals surface area contributed by atoms with E-state index in [0.717, 1.165) is 45.1 Å². The second-order valence-corrected chi connectivity index (χ2v) is 10.5. The van der Waals surface area contributed by atoms with E-state index in [1.165, 1.54) is 29.6 Å². The van der Waals surface area contributed by atoms with Crippen LogP contribution in [0, 0.1) is 11.3 Å². The highest BCUT2D eigenvalue weighted by Gasteiger charge is 2.66. The highest BCUT2D eigenvalue weighted by Crippen LogP contribution is 2.66. The quantitative estimate of drug-likeness (QED) is 0.657. The van der Waals surface area contributed by atoms with Crippen molar-refractivity contribution in [1.82, 2.24) is 15.8 Å². The van der Waals surface area contributed by atoms with Crippen LogP contribution in [0.1, 0.15) is 63.9 Å². The maximum atomic E-state index is 9.57. The summed E-state index contributed by atoms with van der Waals surface area (Å²) < 4.78 is 7.18. The van der Waals surface area contributed by atoms with Crippen LogP contribution in [0.2, 0.25) is 0 Å². The van der Waals surface area contributed by atoms with Gasteiger partial charge in [0.25, 0.3) is 0 Å².